The van der Waals surface area contributed by atoms with Gasteiger partial charge in [0.2, 0.25) is 0 Å². The summed E-state index contributed by atoms with van der Waals surface area (Å²) in [7, 11) is 0. The average molecular weight is 460 g/mol. The number of ether oxygens (including phenoxy) is 1. The van der Waals surface area contributed by atoms with Crippen LogP contribution in [-0.2, 0) is 9.53 Å². The number of carbonyl (C=O) groups is 1. The van der Waals surface area contributed by atoms with Crippen molar-refractivity contribution >= 4 is 29.3 Å². The van der Waals surface area contributed by atoms with Crippen molar-refractivity contribution in [2.24, 2.45) is 5.92 Å². The maximum atomic E-state index is 12.8. The van der Waals surface area contributed by atoms with Crippen molar-refractivity contribution in [2.75, 3.05) is 0 Å². The van der Waals surface area contributed by atoms with Crippen LogP contribution in [0.25, 0.3) is 0 Å². The quantitative estimate of drug-likeness (QED) is 0.497. The van der Waals surface area contributed by atoms with Gasteiger partial charge in [-0.1, -0.05) is 29.3 Å². The van der Waals surface area contributed by atoms with E-state index in [1.165, 1.54) is 16.0 Å². The highest BCUT2D eigenvalue weighted by molar-refractivity contribution is 8.03. The molecule has 0 spiro atoms. The van der Waals surface area contributed by atoms with Crippen LogP contribution in [0.3, 0.4) is 0 Å². The molecule has 1 aromatic heterocycles. The zero-order chi connectivity index (χ0) is 22.5. The molecule has 0 amide bonds. The number of allylic oxidation sites excluding steroid dienone is 2. The fourth-order valence-corrected chi connectivity index (χ4v) is 6.58. The summed E-state index contributed by atoms with van der Waals surface area (Å²) >= 11 is 8.07. The van der Waals surface area contributed by atoms with E-state index in [0.717, 1.165) is 23.1 Å². The summed E-state index contributed by atoms with van der Waals surface area (Å²) in [5.41, 5.74) is 2.15. The number of hydrogen-bond donors (Lipinski definition) is 0. The molecule has 0 N–H and O–H groups in total. The summed E-state index contributed by atoms with van der Waals surface area (Å²) in [4.78, 5) is 14.2. The van der Waals surface area contributed by atoms with Gasteiger partial charge in [0.05, 0.1) is 11.8 Å². The third kappa shape index (κ3) is 4.42. The molecule has 1 aromatic carbocycles. The van der Waals surface area contributed by atoms with E-state index in [-0.39, 0.29) is 23.2 Å². The van der Waals surface area contributed by atoms with Crippen LogP contribution < -0.4 is 0 Å². The third-order valence-electron chi connectivity index (χ3n) is 6.28. The van der Waals surface area contributed by atoms with Crippen molar-refractivity contribution in [3.05, 3.63) is 57.0 Å². The van der Waals surface area contributed by atoms with Crippen LogP contribution in [0.2, 0.25) is 5.02 Å². The molecule has 0 saturated heterocycles. The topological polar surface area (TPSA) is 57.0 Å². The van der Waals surface area contributed by atoms with Gasteiger partial charge < -0.3 is 9.30 Å². The third-order valence-corrected chi connectivity index (χ3v) is 7.95. The van der Waals surface area contributed by atoms with Gasteiger partial charge in [0.15, 0.2) is 0 Å². The number of aryl methyl sites for hydroxylation is 1. The normalized spacial score (nSPS) is 25.8. The van der Waals surface area contributed by atoms with Crippen LogP contribution in [0.4, 0.5) is 0 Å². The van der Waals surface area contributed by atoms with Gasteiger partial charge in [-0.3, -0.25) is 4.79 Å². The molecule has 2 aliphatic heterocycles. The Bertz CT molecular complexity index is 1020. The van der Waals surface area contributed by atoms with E-state index in [0.29, 0.717) is 12.3 Å². The maximum absolute atomic E-state index is 12.8. The minimum absolute atomic E-state index is 0.0592. The Balaban J connectivity index is 1.78. The lowest BCUT2D eigenvalue weighted by atomic mass is 9.76. The van der Waals surface area contributed by atoms with Crippen LogP contribution in [0.15, 0.2) is 34.7 Å². The first-order chi connectivity index (χ1) is 14.5. The lowest BCUT2D eigenvalue weighted by Gasteiger charge is -2.29. The molecular formula is C24H30ClN3O2S. The largest absolute Gasteiger partial charge is 0.460 e. The van der Waals surface area contributed by atoms with Crippen molar-refractivity contribution in [3.8, 4) is 0 Å². The summed E-state index contributed by atoms with van der Waals surface area (Å²) < 4.78 is 7.93. The van der Waals surface area contributed by atoms with Crippen LogP contribution in [0.5, 0.6) is 0 Å². The molecule has 166 valence electrons. The number of aromatic nitrogens is 3. The second kappa shape index (κ2) is 8.28. The van der Waals surface area contributed by atoms with Gasteiger partial charge in [-0.15, -0.1) is 22.0 Å². The number of rotatable bonds is 3. The number of benzene rings is 1. The SMILES string of the molecule is CC1=C(C)C2C(c3ccc(Cl)cc3)CC(CC(=O)OC(C)(C)C)c3nnc(C)n3C2S1. The van der Waals surface area contributed by atoms with Gasteiger partial charge in [0.1, 0.15) is 17.2 Å². The molecule has 31 heavy (non-hydrogen) atoms. The average Bonchev–Trinajstić information content (AvgIpc) is 3.14. The molecule has 0 radical (unpaired) electrons. The predicted octanol–water partition coefficient (Wildman–Crippen LogP) is 6.40. The van der Waals surface area contributed by atoms with E-state index in [2.05, 4.69) is 40.7 Å². The zero-order valence-corrected chi connectivity index (χ0v) is 20.5. The molecule has 5 nitrogen and oxygen atoms in total. The molecule has 0 fully saturated rings. The first kappa shape index (κ1) is 22.4. The number of carbonyl (C=O) groups excluding carboxylic acids is 1. The van der Waals surface area contributed by atoms with E-state index in [4.69, 9.17) is 16.3 Å². The summed E-state index contributed by atoms with van der Waals surface area (Å²) in [5.74, 6) is 2.10. The Morgan fingerprint density at radius 1 is 1.19 bits per heavy atom. The maximum Gasteiger partial charge on any atom is 0.307 e. The van der Waals surface area contributed by atoms with E-state index in [9.17, 15) is 4.79 Å². The molecule has 2 aromatic rings. The van der Waals surface area contributed by atoms with E-state index >= 15 is 0 Å². The van der Waals surface area contributed by atoms with Crippen molar-refractivity contribution < 1.29 is 9.53 Å². The number of halogens is 1. The highest BCUT2D eigenvalue weighted by Crippen LogP contribution is 2.58. The molecular weight excluding hydrogens is 430 g/mol. The molecule has 4 unspecified atom stereocenters. The van der Waals surface area contributed by atoms with Crippen LogP contribution in [0, 0.1) is 12.8 Å². The van der Waals surface area contributed by atoms with Crippen LogP contribution in [0.1, 0.15) is 81.9 Å². The van der Waals surface area contributed by atoms with E-state index in [1.54, 1.807) is 0 Å². The Morgan fingerprint density at radius 2 is 1.87 bits per heavy atom. The molecule has 0 aliphatic carbocycles. The van der Waals surface area contributed by atoms with Crippen molar-refractivity contribution in [2.45, 2.75) is 77.2 Å². The van der Waals surface area contributed by atoms with Crippen molar-refractivity contribution in [1.82, 2.24) is 14.8 Å². The first-order valence-electron chi connectivity index (χ1n) is 10.8. The minimum atomic E-state index is -0.510. The number of thioether (sulfide) groups is 1. The van der Waals surface area contributed by atoms with Crippen molar-refractivity contribution in [1.29, 1.82) is 0 Å². The smallest absolute Gasteiger partial charge is 0.307 e. The van der Waals surface area contributed by atoms with E-state index < -0.39 is 5.60 Å². The number of esters is 1. The molecule has 4 atom stereocenters. The number of nitrogens with zero attached hydrogens (tertiary/aromatic N) is 3. The summed E-state index contributed by atoms with van der Waals surface area (Å²) in [6.45, 7) is 12.1. The van der Waals surface area contributed by atoms with Crippen molar-refractivity contribution in [3.63, 3.8) is 0 Å². The van der Waals surface area contributed by atoms with Crippen LogP contribution >= 0.6 is 23.4 Å². The van der Waals surface area contributed by atoms with Gasteiger partial charge in [0.25, 0.3) is 0 Å². The molecule has 3 heterocycles. The lowest BCUT2D eigenvalue weighted by Crippen LogP contribution is -2.25. The fraction of sp³-hybridized carbons (Fsp3) is 0.542. The van der Waals surface area contributed by atoms with Gasteiger partial charge in [-0.05, 0) is 76.5 Å². The predicted molar refractivity (Wildman–Crippen MR) is 125 cm³/mol. The molecule has 2 aliphatic rings. The van der Waals surface area contributed by atoms with Gasteiger partial charge in [0, 0.05) is 16.9 Å². The highest BCUT2D eigenvalue weighted by Gasteiger charge is 2.45. The Kier molecular flexibility index (Phi) is 5.99. The summed E-state index contributed by atoms with van der Waals surface area (Å²) in [6, 6.07) is 8.16. The highest BCUT2D eigenvalue weighted by atomic mass is 35.5. The Morgan fingerprint density at radius 3 is 2.52 bits per heavy atom. The summed E-state index contributed by atoms with van der Waals surface area (Å²) in [5, 5.41) is 9.88. The molecule has 7 heteroatoms. The lowest BCUT2D eigenvalue weighted by molar-refractivity contribution is -0.155. The molecule has 0 saturated carbocycles. The zero-order valence-electron chi connectivity index (χ0n) is 19.0. The van der Waals surface area contributed by atoms with Crippen LogP contribution in [-0.4, -0.2) is 26.3 Å². The van der Waals surface area contributed by atoms with E-state index in [1.807, 2.05) is 51.6 Å². The Hall–Kier alpha value is -1.79. The number of hydrogen-bond acceptors (Lipinski definition) is 5. The Labute approximate surface area is 193 Å². The van der Waals surface area contributed by atoms with Gasteiger partial charge in [-0.25, -0.2) is 0 Å². The van der Waals surface area contributed by atoms with Gasteiger partial charge in [-0.2, -0.15) is 0 Å². The molecule has 0 bridgehead atoms. The number of fused-ring (bicyclic) bond motifs is 3. The molecule has 4 rings (SSSR count). The fourth-order valence-electron chi connectivity index (χ4n) is 4.86. The standard InChI is InChI=1S/C24H30ClN3O2S/c1-13-14(2)31-23-21(13)19(16-7-9-18(25)10-8-16)11-17(12-20(29)30-24(4,5)6)22-27-26-15(3)28(22)23/h7-10,17,19,21,23H,11-12H2,1-6H3. The second-order valence-corrected chi connectivity index (χ2v) is 11.4. The second-order valence-electron chi connectivity index (χ2n) is 9.63. The first-order valence-corrected chi connectivity index (χ1v) is 12.0. The summed E-state index contributed by atoms with van der Waals surface area (Å²) in [6.07, 6.45) is 1.11. The monoisotopic (exact) mass is 459 g/mol. The van der Waals surface area contributed by atoms with Gasteiger partial charge >= 0.3 is 5.97 Å². The minimum Gasteiger partial charge on any atom is -0.460 e.